The van der Waals surface area contributed by atoms with Gasteiger partial charge in [0.25, 0.3) is 0 Å². The molecule has 2 heterocycles. The van der Waals surface area contributed by atoms with Crippen molar-refractivity contribution in [2.75, 3.05) is 7.11 Å². The fraction of sp³-hybridized carbons (Fsp3) is 0.286. The monoisotopic (exact) mass is 351 g/mol. The molecule has 2 amide bonds. The van der Waals surface area contributed by atoms with E-state index in [0.717, 1.165) is 20.9 Å². The second-order valence-electron chi connectivity index (χ2n) is 4.92. The first-order chi connectivity index (χ1) is 10.1. The van der Waals surface area contributed by atoms with Gasteiger partial charge in [-0.3, -0.25) is 4.79 Å². The average molecular weight is 352 g/mol. The SMILES string of the molecule is COC(=O)C[C@H]1NC(=O)N[C@@H]1c1c[nH]c2cc(Br)ccc12. The van der Waals surface area contributed by atoms with Crippen LogP contribution in [0.5, 0.6) is 0 Å². The van der Waals surface area contributed by atoms with Crippen LogP contribution in [0, 0.1) is 0 Å². The molecule has 0 radical (unpaired) electrons. The number of halogens is 1. The molecule has 110 valence electrons. The zero-order valence-corrected chi connectivity index (χ0v) is 12.9. The second kappa shape index (κ2) is 5.40. The summed E-state index contributed by atoms with van der Waals surface area (Å²) >= 11 is 3.43. The van der Waals surface area contributed by atoms with Crippen LogP contribution in [-0.2, 0) is 9.53 Å². The molecule has 0 spiro atoms. The van der Waals surface area contributed by atoms with Gasteiger partial charge in [-0.05, 0) is 12.1 Å². The summed E-state index contributed by atoms with van der Waals surface area (Å²) in [4.78, 5) is 26.3. The Hall–Kier alpha value is -2.02. The molecule has 21 heavy (non-hydrogen) atoms. The summed E-state index contributed by atoms with van der Waals surface area (Å²) in [6.07, 6.45) is 1.99. The van der Waals surface area contributed by atoms with Crippen LogP contribution < -0.4 is 10.6 Å². The van der Waals surface area contributed by atoms with Gasteiger partial charge in [0.15, 0.2) is 0 Å². The van der Waals surface area contributed by atoms with Gasteiger partial charge >= 0.3 is 12.0 Å². The van der Waals surface area contributed by atoms with E-state index in [0.29, 0.717) is 0 Å². The van der Waals surface area contributed by atoms with Gasteiger partial charge in [-0.2, -0.15) is 0 Å². The van der Waals surface area contributed by atoms with E-state index in [1.807, 2.05) is 24.4 Å². The number of benzene rings is 1. The number of nitrogens with one attached hydrogen (secondary N) is 3. The predicted octanol–water partition coefficient (Wildman–Crippen LogP) is 2.22. The van der Waals surface area contributed by atoms with E-state index >= 15 is 0 Å². The summed E-state index contributed by atoms with van der Waals surface area (Å²) in [5, 5.41) is 6.63. The maximum absolute atomic E-state index is 11.6. The third-order valence-electron chi connectivity index (χ3n) is 3.63. The first-order valence-corrected chi connectivity index (χ1v) is 7.28. The Bertz CT molecular complexity index is 713. The van der Waals surface area contributed by atoms with Crippen LogP contribution in [0.3, 0.4) is 0 Å². The molecule has 1 aliphatic rings. The number of ether oxygens (including phenoxy) is 1. The third kappa shape index (κ3) is 2.61. The molecule has 2 atom stereocenters. The highest BCUT2D eigenvalue weighted by Crippen LogP contribution is 2.31. The van der Waals surface area contributed by atoms with Gasteiger partial charge in [0, 0.05) is 27.1 Å². The number of aromatic nitrogens is 1. The lowest BCUT2D eigenvalue weighted by atomic mass is 9.98. The van der Waals surface area contributed by atoms with Crippen molar-refractivity contribution in [2.45, 2.75) is 18.5 Å². The van der Waals surface area contributed by atoms with Crippen LogP contribution in [-0.4, -0.2) is 30.1 Å². The number of rotatable bonds is 3. The number of carbonyl (C=O) groups excluding carboxylic acids is 2. The third-order valence-corrected chi connectivity index (χ3v) is 4.12. The molecular formula is C14H14BrN3O3. The number of H-pyrrole nitrogens is 1. The van der Waals surface area contributed by atoms with Crippen LogP contribution in [0.4, 0.5) is 4.79 Å². The normalized spacial score (nSPS) is 21.1. The van der Waals surface area contributed by atoms with E-state index in [4.69, 9.17) is 0 Å². The molecule has 1 fully saturated rings. The van der Waals surface area contributed by atoms with Crippen molar-refractivity contribution in [3.63, 3.8) is 0 Å². The molecule has 0 bridgehead atoms. The van der Waals surface area contributed by atoms with Crippen LogP contribution in [0.15, 0.2) is 28.9 Å². The van der Waals surface area contributed by atoms with Crippen LogP contribution >= 0.6 is 15.9 Å². The zero-order chi connectivity index (χ0) is 15.0. The Kier molecular flexibility index (Phi) is 3.59. The smallest absolute Gasteiger partial charge is 0.315 e. The van der Waals surface area contributed by atoms with Crippen molar-refractivity contribution in [1.82, 2.24) is 15.6 Å². The van der Waals surface area contributed by atoms with Gasteiger partial charge in [-0.15, -0.1) is 0 Å². The molecule has 0 unspecified atom stereocenters. The summed E-state index contributed by atoms with van der Waals surface area (Å²) in [6, 6.07) is 5.02. The first kappa shape index (κ1) is 13.9. The Morgan fingerprint density at radius 3 is 2.95 bits per heavy atom. The van der Waals surface area contributed by atoms with Gasteiger partial charge in [0.05, 0.1) is 25.6 Å². The van der Waals surface area contributed by atoms with Crippen molar-refractivity contribution in [2.24, 2.45) is 0 Å². The number of methoxy groups -OCH3 is 1. The summed E-state index contributed by atoms with van der Waals surface area (Å²) in [5.74, 6) is -0.350. The van der Waals surface area contributed by atoms with E-state index in [-0.39, 0.29) is 30.5 Å². The molecule has 1 aromatic carbocycles. The van der Waals surface area contributed by atoms with Crippen LogP contribution in [0.1, 0.15) is 18.0 Å². The van der Waals surface area contributed by atoms with Crippen LogP contribution in [0.2, 0.25) is 0 Å². The number of amides is 2. The van der Waals surface area contributed by atoms with E-state index in [1.54, 1.807) is 0 Å². The Balaban J connectivity index is 1.95. The number of esters is 1. The number of hydrogen-bond acceptors (Lipinski definition) is 3. The largest absolute Gasteiger partial charge is 0.469 e. The van der Waals surface area contributed by atoms with E-state index in [9.17, 15) is 9.59 Å². The number of hydrogen-bond donors (Lipinski definition) is 3. The van der Waals surface area contributed by atoms with E-state index in [2.05, 4.69) is 36.3 Å². The van der Waals surface area contributed by atoms with Crippen molar-refractivity contribution < 1.29 is 14.3 Å². The average Bonchev–Trinajstić information content (AvgIpc) is 3.01. The zero-order valence-electron chi connectivity index (χ0n) is 11.3. The fourth-order valence-corrected chi connectivity index (χ4v) is 3.00. The summed E-state index contributed by atoms with van der Waals surface area (Å²) < 4.78 is 5.66. The minimum atomic E-state index is -0.350. The lowest BCUT2D eigenvalue weighted by molar-refractivity contribution is -0.141. The van der Waals surface area contributed by atoms with Crippen molar-refractivity contribution >= 4 is 38.8 Å². The molecule has 1 aromatic heterocycles. The number of carbonyl (C=O) groups is 2. The van der Waals surface area contributed by atoms with E-state index in [1.165, 1.54) is 7.11 Å². The minimum Gasteiger partial charge on any atom is -0.469 e. The van der Waals surface area contributed by atoms with Crippen molar-refractivity contribution in [1.29, 1.82) is 0 Å². The highest BCUT2D eigenvalue weighted by Gasteiger charge is 2.35. The van der Waals surface area contributed by atoms with Gasteiger partial charge in [-0.1, -0.05) is 22.0 Å². The number of aromatic amines is 1. The first-order valence-electron chi connectivity index (χ1n) is 6.49. The molecule has 7 heteroatoms. The summed E-state index contributed by atoms with van der Waals surface area (Å²) in [7, 11) is 1.34. The second-order valence-corrected chi connectivity index (χ2v) is 5.83. The fourth-order valence-electron chi connectivity index (χ4n) is 2.64. The topological polar surface area (TPSA) is 83.2 Å². The van der Waals surface area contributed by atoms with Gasteiger partial charge in [0.1, 0.15) is 0 Å². The Morgan fingerprint density at radius 2 is 2.19 bits per heavy atom. The lowest BCUT2D eigenvalue weighted by Gasteiger charge is -2.16. The highest BCUT2D eigenvalue weighted by atomic mass is 79.9. The Morgan fingerprint density at radius 1 is 1.38 bits per heavy atom. The number of urea groups is 1. The van der Waals surface area contributed by atoms with Gasteiger partial charge in [-0.25, -0.2) is 4.79 Å². The molecule has 0 aliphatic carbocycles. The maximum atomic E-state index is 11.6. The maximum Gasteiger partial charge on any atom is 0.315 e. The summed E-state index contributed by atoms with van der Waals surface area (Å²) in [5.41, 5.74) is 1.92. The van der Waals surface area contributed by atoms with Gasteiger partial charge < -0.3 is 20.4 Å². The highest BCUT2D eigenvalue weighted by molar-refractivity contribution is 9.10. The molecule has 1 saturated heterocycles. The van der Waals surface area contributed by atoms with Crippen molar-refractivity contribution in [3.05, 3.63) is 34.4 Å². The number of fused-ring (bicyclic) bond motifs is 1. The predicted molar refractivity (Wildman–Crippen MR) is 80.8 cm³/mol. The molecule has 2 aromatic rings. The van der Waals surface area contributed by atoms with Crippen molar-refractivity contribution in [3.8, 4) is 0 Å². The standard InChI is InChI=1S/C14H14BrN3O3/c1-21-12(19)5-11-13(18-14(20)17-11)9-6-16-10-4-7(15)2-3-8(9)10/h2-4,6,11,13,16H,5H2,1H3,(H2,17,18,20)/t11-,13-/m1/s1. The van der Waals surface area contributed by atoms with Gasteiger partial charge in [0.2, 0.25) is 0 Å². The molecule has 1 aliphatic heterocycles. The molecule has 3 N–H and O–H groups in total. The molecule has 0 saturated carbocycles. The molecule has 6 nitrogen and oxygen atoms in total. The summed E-state index contributed by atoms with van der Waals surface area (Å²) in [6.45, 7) is 0. The van der Waals surface area contributed by atoms with E-state index < -0.39 is 0 Å². The molecular weight excluding hydrogens is 338 g/mol. The van der Waals surface area contributed by atoms with Crippen LogP contribution in [0.25, 0.3) is 10.9 Å². The quantitative estimate of drug-likeness (QED) is 0.741. The minimum absolute atomic E-state index is 0.128. The molecule has 3 rings (SSSR count). The lowest BCUT2D eigenvalue weighted by Crippen LogP contribution is -2.30. The Labute approximate surface area is 129 Å².